The van der Waals surface area contributed by atoms with E-state index in [1.807, 2.05) is 12.1 Å². The van der Waals surface area contributed by atoms with Crippen LogP contribution in [0.1, 0.15) is 18.1 Å². The Morgan fingerprint density at radius 3 is 2.37 bits per heavy atom. The SMILES string of the molecule is CCN(Cc1ccccc1F)Sc1ccc(C)cc1. The van der Waals surface area contributed by atoms with Crippen LogP contribution < -0.4 is 0 Å². The van der Waals surface area contributed by atoms with Crippen LogP contribution in [-0.2, 0) is 6.54 Å². The van der Waals surface area contributed by atoms with E-state index in [1.54, 1.807) is 18.0 Å². The van der Waals surface area contributed by atoms with Crippen molar-refractivity contribution in [3.63, 3.8) is 0 Å². The van der Waals surface area contributed by atoms with E-state index >= 15 is 0 Å². The summed E-state index contributed by atoms with van der Waals surface area (Å²) in [6, 6.07) is 15.4. The molecule has 1 nitrogen and oxygen atoms in total. The van der Waals surface area contributed by atoms with Crippen molar-refractivity contribution in [1.82, 2.24) is 4.31 Å². The zero-order valence-electron chi connectivity index (χ0n) is 11.3. The van der Waals surface area contributed by atoms with Crippen molar-refractivity contribution in [2.75, 3.05) is 6.54 Å². The number of nitrogens with zero attached hydrogens (tertiary/aromatic N) is 1. The van der Waals surface area contributed by atoms with Gasteiger partial charge >= 0.3 is 0 Å². The summed E-state index contributed by atoms with van der Waals surface area (Å²) in [4.78, 5) is 1.18. The predicted molar refractivity (Wildman–Crippen MR) is 79.5 cm³/mol. The monoisotopic (exact) mass is 275 g/mol. The molecule has 3 heteroatoms. The molecule has 0 fully saturated rings. The first-order valence-corrected chi connectivity index (χ1v) is 7.19. The topological polar surface area (TPSA) is 3.24 Å². The molecule has 0 atom stereocenters. The van der Waals surface area contributed by atoms with Crippen molar-refractivity contribution >= 4 is 11.9 Å². The predicted octanol–water partition coefficient (Wildman–Crippen LogP) is 4.66. The number of hydrogen-bond acceptors (Lipinski definition) is 2. The Morgan fingerprint density at radius 1 is 1.05 bits per heavy atom. The average Bonchev–Trinajstić information content (AvgIpc) is 2.43. The van der Waals surface area contributed by atoms with Gasteiger partial charge in [-0.2, -0.15) is 0 Å². The minimum atomic E-state index is -0.134. The molecule has 0 unspecified atom stereocenters. The Kier molecular flexibility index (Phi) is 5.00. The smallest absolute Gasteiger partial charge is 0.127 e. The molecular formula is C16H18FNS. The molecule has 0 aliphatic rings. The van der Waals surface area contributed by atoms with Gasteiger partial charge in [-0.1, -0.05) is 42.8 Å². The summed E-state index contributed by atoms with van der Waals surface area (Å²) in [5.74, 6) is -0.134. The third kappa shape index (κ3) is 4.08. The normalized spacial score (nSPS) is 10.9. The van der Waals surface area contributed by atoms with Gasteiger partial charge in [-0.3, -0.25) is 0 Å². The van der Waals surface area contributed by atoms with Gasteiger partial charge in [0.2, 0.25) is 0 Å². The van der Waals surface area contributed by atoms with Gasteiger partial charge in [-0.15, -0.1) is 0 Å². The molecule has 100 valence electrons. The molecule has 0 aliphatic heterocycles. The van der Waals surface area contributed by atoms with E-state index in [4.69, 9.17) is 0 Å². The Labute approximate surface area is 118 Å². The molecule has 19 heavy (non-hydrogen) atoms. The first kappa shape index (κ1) is 14.1. The maximum atomic E-state index is 13.6. The average molecular weight is 275 g/mol. The summed E-state index contributed by atoms with van der Waals surface area (Å²) < 4.78 is 15.8. The highest BCUT2D eigenvalue weighted by Crippen LogP contribution is 2.25. The molecule has 0 saturated heterocycles. The highest BCUT2D eigenvalue weighted by Gasteiger charge is 2.08. The second-order valence-corrected chi connectivity index (χ2v) is 5.62. The maximum absolute atomic E-state index is 13.6. The van der Waals surface area contributed by atoms with Crippen molar-refractivity contribution in [1.29, 1.82) is 0 Å². The van der Waals surface area contributed by atoms with Gasteiger partial charge in [0.15, 0.2) is 0 Å². The summed E-state index contributed by atoms with van der Waals surface area (Å²) in [6.07, 6.45) is 0. The molecule has 0 heterocycles. The lowest BCUT2D eigenvalue weighted by atomic mass is 10.2. The number of hydrogen-bond donors (Lipinski definition) is 0. The Hall–Kier alpha value is -1.32. The standard InChI is InChI=1S/C16H18FNS/c1-3-18(12-14-6-4-5-7-16(14)17)19-15-10-8-13(2)9-11-15/h4-11H,3,12H2,1-2H3. The van der Waals surface area contributed by atoms with Crippen molar-refractivity contribution in [2.24, 2.45) is 0 Å². The zero-order valence-corrected chi connectivity index (χ0v) is 12.1. The summed E-state index contributed by atoms with van der Waals surface area (Å²) in [7, 11) is 0. The van der Waals surface area contributed by atoms with Gasteiger partial charge in [0, 0.05) is 23.5 Å². The molecule has 0 saturated carbocycles. The number of rotatable bonds is 5. The lowest BCUT2D eigenvalue weighted by Crippen LogP contribution is -2.15. The van der Waals surface area contributed by atoms with Crippen LogP contribution in [0.15, 0.2) is 53.4 Å². The minimum absolute atomic E-state index is 0.134. The van der Waals surface area contributed by atoms with Gasteiger partial charge in [-0.05, 0) is 37.1 Å². The van der Waals surface area contributed by atoms with Gasteiger partial charge in [-0.25, -0.2) is 8.70 Å². The second-order valence-electron chi connectivity index (χ2n) is 4.45. The molecule has 2 rings (SSSR count). The van der Waals surface area contributed by atoms with E-state index < -0.39 is 0 Å². The molecule has 2 aromatic rings. The number of aryl methyl sites for hydroxylation is 1. The molecule has 0 aromatic heterocycles. The molecule has 0 spiro atoms. The van der Waals surface area contributed by atoms with Crippen molar-refractivity contribution < 1.29 is 4.39 Å². The Morgan fingerprint density at radius 2 is 1.74 bits per heavy atom. The van der Waals surface area contributed by atoms with Crippen molar-refractivity contribution in [2.45, 2.75) is 25.3 Å². The zero-order chi connectivity index (χ0) is 13.7. The fourth-order valence-corrected chi connectivity index (χ4v) is 2.66. The van der Waals surface area contributed by atoms with Crippen LogP contribution >= 0.6 is 11.9 Å². The van der Waals surface area contributed by atoms with Gasteiger partial charge in [0.1, 0.15) is 5.82 Å². The molecular weight excluding hydrogens is 257 g/mol. The van der Waals surface area contributed by atoms with Gasteiger partial charge in [0.05, 0.1) is 0 Å². The first-order valence-electron chi connectivity index (χ1n) is 6.42. The summed E-state index contributed by atoms with van der Waals surface area (Å²) in [6.45, 7) is 5.64. The third-order valence-corrected chi connectivity index (χ3v) is 4.04. The van der Waals surface area contributed by atoms with Gasteiger partial charge < -0.3 is 0 Å². The Bertz CT molecular complexity index is 525. The summed E-state index contributed by atoms with van der Waals surface area (Å²) in [5, 5.41) is 0. The third-order valence-electron chi connectivity index (χ3n) is 2.91. The van der Waals surface area contributed by atoms with E-state index in [0.29, 0.717) is 6.54 Å². The summed E-state index contributed by atoms with van der Waals surface area (Å²) in [5.41, 5.74) is 1.99. The quantitative estimate of drug-likeness (QED) is 0.730. The van der Waals surface area contributed by atoms with Crippen LogP contribution in [0.25, 0.3) is 0 Å². The van der Waals surface area contributed by atoms with E-state index in [9.17, 15) is 4.39 Å². The van der Waals surface area contributed by atoms with Crippen LogP contribution in [0.5, 0.6) is 0 Å². The maximum Gasteiger partial charge on any atom is 0.127 e. The molecule has 0 bridgehead atoms. The summed E-state index contributed by atoms with van der Waals surface area (Å²) >= 11 is 1.67. The molecule has 0 N–H and O–H groups in total. The second kappa shape index (κ2) is 6.73. The molecule has 2 aromatic carbocycles. The van der Waals surface area contributed by atoms with Crippen LogP contribution in [0.3, 0.4) is 0 Å². The van der Waals surface area contributed by atoms with E-state index in [1.165, 1.54) is 16.5 Å². The number of halogens is 1. The van der Waals surface area contributed by atoms with E-state index in [0.717, 1.165) is 12.1 Å². The first-order chi connectivity index (χ1) is 9.19. The minimum Gasteiger partial charge on any atom is -0.242 e. The van der Waals surface area contributed by atoms with Gasteiger partial charge in [0.25, 0.3) is 0 Å². The van der Waals surface area contributed by atoms with Crippen LogP contribution in [0, 0.1) is 12.7 Å². The van der Waals surface area contributed by atoms with Crippen LogP contribution in [0.4, 0.5) is 4.39 Å². The highest BCUT2D eigenvalue weighted by atomic mass is 32.2. The molecule has 0 amide bonds. The van der Waals surface area contributed by atoms with E-state index in [-0.39, 0.29) is 5.82 Å². The van der Waals surface area contributed by atoms with E-state index in [2.05, 4.69) is 42.4 Å². The fraction of sp³-hybridized carbons (Fsp3) is 0.250. The fourth-order valence-electron chi connectivity index (χ4n) is 1.77. The van der Waals surface area contributed by atoms with Crippen LogP contribution in [-0.4, -0.2) is 10.8 Å². The highest BCUT2D eigenvalue weighted by molar-refractivity contribution is 7.97. The molecule has 0 radical (unpaired) electrons. The van der Waals surface area contributed by atoms with Crippen molar-refractivity contribution in [3.8, 4) is 0 Å². The lowest BCUT2D eigenvalue weighted by Gasteiger charge is -2.19. The lowest BCUT2D eigenvalue weighted by molar-refractivity contribution is 0.474. The molecule has 0 aliphatic carbocycles. The largest absolute Gasteiger partial charge is 0.242 e. The van der Waals surface area contributed by atoms with Crippen molar-refractivity contribution in [3.05, 3.63) is 65.5 Å². The Balaban J connectivity index is 2.05. The number of benzene rings is 2. The van der Waals surface area contributed by atoms with Crippen LogP contribution in [0.2, 0.25) is 0 Å².